The molecule has 0 atom stereocenters. The van der Waals surface area contributed by atoms with E-state index in [0.29, 0.717) is 16.7 Å². The van der Waals surface area contributed by atoms with E-state index in [4.69, 9.17) is 5.53 Å². The van der Waals surface area contributed by atoms with Gasteiger partial charge in [-0.3, -0.25) is 0 Å². The van der Waals surface area contributed by atoms with Crippen molar-refractivity contribution in [2.24, 2.45) is 4.07 Å². The maximum atomic E-state index is 7.38. The van der Waals surface area contributed by atoms with Crippen molar-refractivity contribution in [2.45, 2.75) is 0 Å². The average molecular weight is 118 g/mol. The molecule has 4 heteroatoms. The molecule has 0 radical (unpaired) electrons. The van der Waals surface area contributed by atoms with E-state index in [1.807, 2.05) is 0 Å². The van der Waals surface area contributed by atoms with Crippen molar-refractivity contribution in [1.29, 1.82) is 0 Å². The van der Waals surface area contributed by atoms with Crippen LogP contribution in [0.1, 0.15) is 0 Å². The first kappa shape index (κ1) is 3.85. The van der Waals surface area contributed by atoms with Gasteiger partial charge in [0.05, 0.1) is 0 Å². The standard InChI is InChI=1S/GeH3N3/c1-3-4-2/h1H3. The first-order valence-corrected chi connectivity index (χ1v) is 2.72. The zero-order valence-electron chi connectivity index (χ0n) is 2.34. The predicted molar refractivity (Wildman–Crippen MR) is 19.1 cm³/mol. The van der Waals surface area contributed by atoms with Crippen LogP contribution in [0.3, 0.4) is 0 Å². The number of rotatable bonds is 0. The molecule has 22 valence electrons. The Hall–Kier alpha value is -0.147. The fraction of sp³-hybridized carbons (Fsp3) is 0. The van der Waals surface area contributed by atoms with Gasteiger partial charge in [0.15, 0.2) is 0 Å². The molecule has 0 amide bonds. The van der Waals surface area contributed by atoms with Gasteiger partial charge in [-0.15, -0.1) is 0 Å². The third-order valence-electron chi connectivity index (χ3n) is 0.0894. The molecular formula is H3GeN3. The fourth-order valence-electron chi connectivity index (χ4n) is 0. The Kier molecular flexibility index (Phi) is 2.75. The van der Waals surface area contributed by atoms with Crippen LogP contribution >= 0.6 is 0 Å². The monoisotopic (exact) mass is 119 g/mol. The van der Waals surface area contributed by atoms with E-state index in [-0.39, 0.29) is 0 Å². The zero-order valence-corrected chi connectivity index (χ0v) is 6.54. The Morgan fingerprint density at radius 3 is 2.25 bits per heavy atom. The van der Waals surface area contributed by atoms with Crippen molar-refractivity contribution in [1.82, 2.24) is 0 Å². The molecule has 0 aliphatic rings. The SMILES string of the molecule is [N-]=[N+]=[N][GeH3]. The van der Waals surface area contributed by atoms with Crippen LogP contribution in [0.4, 0.5) is 0 Å². The van der Waals surface area contributed by atoms with Crippen LogP contribution < -0.4 is 0 Å². The zero-order chi connectivity index (χ0) is 3.41. The molecule has 0 aromatic rings. The Bertz CT molecular complexity index is 41.2. The third kappa shape index (κ3) is 1.85. The second kappa shape index (κ2) is 2.85. The Labute approximate surface area is 32.1 Å². The second-order valence-electron chi connectivity index (χ2n) is 0.289. The van der Waals surface area contributed by atoms with E-state index in [9.17, 15) is 0 Å². The summed E-state index contributed by atoms with van der Waals surface area (Å²) < 4.78 is 3.10. The minimum absolute atomic E-state index is 0.321. The van der Waals surface area contributed by atoms with Crippen molar-refractivity contribution in [3.8, 4) is 0 Å². The van der Waals surface area contributed by atoms with Crippen molar-refractivity contribution in [3.63, 3.8) is 0 Å². The van der Waals surface area contributed by atoms with Gasteiger partial charge in [0, 0.05) is 0 Å². The molecule has 0 unspecified atom stereocenters. The van der Waals surface area contributed by atoms with E-state index in [1.165, 1.54) is 0 Å². The van der Waals surface area contributed by atoms with Crippen LogP contribution in [0.25, 0.3) is 10.4 Å². The van der Waals surface area contributed by atoms with Crippen molar-refractivity contribution >= 4 is 16.7 Å². The number of azide groups is 1. The Morgan fingerprint density at radius 1 is 2.00 bits per heavy atom. The third-order valence-corrected chi connectivity index (χ3v) is 0.465. The molecule has 0 aliphatic carbocycles. The minimum atomic E-state index is 0.321. The summed E-state index contributed by atoms with van der Waals surface area (Å²) in [5, 5.41) is 0. The number of hydrogen-bond acceptors (Lipinski definition) is 1. The van der Waals surface area contributed by atoms with Crippen LogP contribution in [0.5, 0.6) is 0 Å². The van der Waals surface area contributed by atoms with Crippen molar-refractivity contribution < 1.29 is 0 Å². The normalized spacial score (nSPS) is 5.00. The Balaban J connectivity index is 3.11. The molecule has 0 heterocycles. The van der Waals surface area contributed by atoms with Crippen molar-refractivity contribution in [2.75, 3.05) is 0 Å². The Morgan fingerprint density at radius 2 is 2.25 bits per heavy atom. The van der Waals surface area contributed by atoms with Gasteiger partial charge in [-0.25, -0.2) is 0 Å². The van der Waals surface area contributed by atoms with Gasteiger partial charge in [0.2, 0.25) is 0 Å². The first-order valence-electron chi connectivity index (χ1n) is 0.847. The fourth-order valence-corrected chi connectivity index (χ4v) is 0. The maximum absolute atomic E-state index is 7.38. The average Bonchev–Trinajstić information content (AvgIpc) is 1.37. The van der Waals surface area contributed by atoms with E-state index in [2.05, 4.69) is 8.98 Å². The molecular weight excluding hydrogens is 115 g/mol. The summed E-state index contributed by atoms with van der Waals surface area (Å²) in [5.41, 5.74) is 7.38. The molecule has 4 heavy (non-hydrogen) atoms. The molecule has 0 fully saturated rings. The van der Waals surface area contributed by atoms with Gasteiger partial charge < -0.3 is 0 Å². The van der Waals surface area contributed by atoms with Crippen LogP contribution in [0, 0.1) is 0 Å². The topological polar surface area (TPSA) is 48.8 Å². The molecule has 0 aliphatic heterocycles. The molecule has 0 aromatic heterocycles. The summed E-state index contributed by atoms with van der Waals surface area (Å²) >= 11 is 0.321. The van der Waals surface area contributed by atoms with Gasteiger partial charge >= 0.3 is 31.3 Å². The number of nitrogens with zero attached hydrogens (tertiary/aromatic N) is 3. The molecule has 0 spiro atoms. The summed E-state index contributed by atoms with van der Waals surface area (Å²) in [4.78, 5) is 2.44. The predicted octanol–water partition coefficient (Wildman–Crippen LogP) is -0.423. The van der Waals surface area contributed by atoms with Gasteiger partial charge in [-0.05, 0) is 0 Å². The first-order chi connectivity index (χ1) is 1.91. The van der Waals surface area contributed by atoms with Crippen LogP contribution in [0.2, 0.25) is 0 Å². The van der Waals surface area contributed by atoms with E-state index in [1.54, 1.807) is 0 Å². The summed E-state index contributed by atoms with van der Waals surface area (Å²) in [6.07, 6.45) is 0. The van der Waals surface area contributed by atoms with E-state index < -0.39 is 0 Å². The molecule has 0 aromatic carbocycles. The van der Waals surface area contributed by atoms with Gasteiger partial charge in [0.1, 0.15) is 0 Å². The molecule has 3 nitrogen and oxygen atoms in total. The van der Waals surface area contributed by atoms with E-state index >= 15 is 0 Å². The van der Waals surface area contributed by atoms with E-state index in [0.717, 1.165) is 0 Å². The second-order valence-corrected chi connectivity index (χ2v) is 1.13. The van der Waals surface area contributed by atoms with Gasteiger partial charge in [-0.1, -0.05) is 0 Å². The van der Waals surface area contributed by atoms with Gasteiger partial charge in [0.25, 0.3) is 0 Å². The summed E-state index contributed by atoms with van der Waals surface area (Å²) in [6.45, 7) is 0. The van der Waals surface area contributed by atoms with Crippen LogP contribution in [-0.2, 0) is 0 Å². The van der Waals surface area contributed by atoms with Crippen LogP contribution in [-0.4, -0.2) is 16.7 Å². The van der Waals surface area contributed by atoms with Crippen LogP contribution in [0.15, 0.2) is 4.07 Å². The van der Waals surface area contributed by atoms with Crippen molar-refractivity contribution in [3.05, 3.63) is 10.4 Å². The molecule has 0 saturated heterocycles. The molecule has 0 rings (SSSR count). The molecule has 0 N–H and O–H groups in total. The quantitative estimate of drug-likeness (QED) is 0.179. The summed E-state index contributed by atoms with van der Waals surface area (Å²) in [7, 11) is 0. The summed E-state index contributed by atoms with van der Waals surface area (Å²) in [6, 6.07) is 0. The molecule has 0 saturated carbocycles. The number of hydrogen-bond donors (Lipinski definition) is 0. The molecule has 0 bridgehead atoms. The summed E-state index contributed by atoms with van der Waals surface area (Å²) in [5.74, 6) is 0. The van der Waals surface area contributed by atoms with Gasteiger partial charge in [-0.2, -0.15) is 0 Å².